The molecule has 5 N–H and O–H groups in total. The Morgan fingerprint density at radius 3 is 1.64 bits per heavy atom. The second-order valence-corrected chi connectivity index (χ2v) is 20.7. The van der Waals surface area contributed by atoms with Gasteiger partial charge in [0.15, 0.2) is 0 Å². The summed E-state index contributed by atoms with van der Waals surface area (Å²) >= 11 is 7.13. The summed E-state index contributed by atoms with van der Waals surface area (Å²) in [5.41, 5.74) is 7.55. The van der Waals surface area contributed by atoms with Crippen LogP contribution in [0.15, 0.2) is 89.0 Å². The molecule has 8 fully saturated rings. The van der Waals surface area contributed by atoms with Crippen molar-refractivity contribution < 1.29 is 29.4 Å². The lowest BCUT2D eigenvalue weighted by atomic mass is 9.42. The van der Waals surface area contributed by atoms with Gasteiger partial charge in [-0.1, -0.05) is 29.8 Å². The van der Waals surface area contributed by atoms with Crippen molar-refractivity contribution in [3.8, 4) is 0 Å². The van der Waals surface area contributed by atoms with Crippen LogP contribution in [0.25, 0.3) is 0 Å². The summed E-state index contributed by atoms with van der Waals surface area (Å²) in [4.78, 5) is 49.1. The summed E-state index contributed by atoms with van der Waals surface area (Å²) < 4.78 is 0. The molecule has 0 aliphatic heterocycles. The number of hydrogen-bond donors (Lipinski definition) is 5. The van der Waals surface area contributed by atoms with Gasteiger partial charge in [-0.25, -0.2) is 9.59 Å². The van der Waals surface area contributed by atoms with Gasteiger partial charge in [0.1, 0.15) is 0 Å². The van der Waals surface area contributed by atoms with Gasteiger partial charge in [-0.3, -0.25) is 9.59 Å². The third kappa shape index (κ3) is 6.46. The van der Waals surface area contributed by atoms with E-state index in [2.05, 4.69) is 46.3 Å². The first-order chi connectivity index (χ1) is 29.5. The van der Waals surface area contributed by atoms with E-state index in [-0.39, 0.29) is 33.8 Å². The lowest BCUT2D eigenvalue weighted by Gasteiger charge is -2.63. The van der Waals surface area contributed by atoms with E-state index in [1.807, 2.05) is 36.4 Å². The fraction of sp³-hybridized carbons (Fsp3) is 0.490. The Morgan fingerprint density at radius 1 is 0.557 bits per heavy atom. The number of carbonyl (C=O) groups excluding carboxylic acids is 2. The van der Waals surface area contributed by atoms with Crippen molar-refractivity contribution in [1.82, 2.24) is 0 Å². The highest BCUT2D eigenvalue weighted by atomic mass is 35.5. The van der Waals surface area contributed by atoms with E-state index in [4.69, 9.17) is 11.6 Å². The lowest BCUT2D eigenvalue weighted by Crippen LogP contribution is -2.56. The maximum atomic E-state index is 13.0. The highest BCUT2D eigenvalue weighted by Crippen LogP contribution is 2.74. The lowest BCUT2D eigenvalue weighted by molar-refractivity contribution is -0.133. The number of rotatable bonds is 11. The molecule has 0 spiro atoms. The maximum Gasteiger partial charge on any atom is 0.332 e. The number of halogens is 1. The zero-order valence-corrected chi connectivity index (χ0v) is 35.2. The Bertz CT molecular complexity index is 2410. The molecule has 0 heterocycles. The zero-order valence-electron chi connectivity index (χ0n) is 34.5. The molecular weight excluding hydrogens is 786 g/mol. The number of hydrogen-bond acceptors (Lipinski definition) is 5. The molecule has 13 rings (SSSR count). The molecule has 7 unspecified atom stereocenters. The molecule has 10 heteroatoms. The number of nitrogens with one attached hydrogen (secondary N) is 3. The maximum absolute atomic E-state index is 13.0. The van der Waals surface area contributed by atoms with Crippen LogP contribution in [0.3, 0.4) is 0 Å². The number of fused-ring (bicyclic) bond motifs is 1. The third-order valence-corrected chi connectivity index (χ3v) is 17.5. The van der Waals surface area contributed by atoms with Gasteiger partial charge in [-0.05, 0) is 214 Å². The van der Waals surface area contributed by atoms with E-state index in [9.17, 15) is 29.4 Å². The summed E-state index contributed by atoms with van der Waals surface area (Å²) in [6, 6.07) is 22.8. The summed E-state index contributed by atoms with van der Waals surface area (Å²) in [6.07, 6.45) is 15.1. The summed E-state index contributed by atoms with van der Waals surface area (Å²) in [5.74, 6) is 3.54. The molecule has 316 valence electrons. The molecule has 2 amide bonds. The number of amides is 2. The van der Waals surface area contributed by atoms with E-state index in [0.29, 0.717) is 61.3 Å². The van der Waals surface area contributed by atoms with Crippen molar-refractivity contribution >= 4 is 58.1 Å². The van der Waals surface area contributed by atoms with Crippen LogP contribution >= 0.6 is 11.6 Å². The van der Waals surface area contributed by atoms with E-state index in [0.717, 1.165) is 63.5 Å². The summed E-state index contributed by atoms with van der Waals surface area (Å²) in [7, 11) is 0. The van der Waals surface area contributed by atoms with Gasteiger partial charge >= 0.3 is 11.9 Å². The molecule has 8 bridgehead atoms. The van der Waals surface area contributed by atoms with E-state index in [1.54, 1.807) is 0 Å². The molecule has 8 saturated carbocycles. The first kappa shape index (κ1) is 39.0. The number of benzene rings is 3. The Hall–Kier alpha value is -4.89. The Kier molecular flexibility index (Phi) is 9.34. The van der Waals surface area contributed by atoms with Crippen LogP contribution in [0.5, 0.6) is 0 Å². The van der Waals surface area contributed by atoms with Crippen LogP contribution in [-0.2, 0) is 30.0 Å². The standard InChI is InChI=1S/C51H54ClN3O6/c52-42-21-33(9-16-43(42)53-34-12-14-36(15-13-34)55-47(57)38-4-2-6-40(38)49(60)61)51-23-28-19-31(26-51)45(41(51)20-28)44-29-17-27-18-30(44)25-50(22-27,24-29)32-7-10-35(11-8-32)54-46(56)37-3-1-5-39(37)48(58)59/h7-16,21,27-31,41,44-45,53H,1-6,17-20,22-26H2,(H,54,56)(H,55,57)(H,58,59)(H,60,61). The zero-order chi connectivity index (χ0) is 41.8. The SMILES string of the molecule is O=C(O)C1=C(C(=O)Nc2ccc(Nc3ccc(C45CC6CC(C4)C(C4C7CC8CC4CC(c4ccc(NC(=O)C9=C(C(=O)O)CCC9)cc4)(C8)C7)C5C6)cc3Cl)cc2)CCC1. The summed E-state index contributed by atoms with van der Waals surface area (Å²) in [5, 5.41) is 29.1. The molecule has 10 aliphatic rings. The molecule has 3 aromatic rings. The average molecular weight is 840 g/mol. The average Bonchev–Trinajstić information content (AvgIpc) is 4.02. The van der Waals surface area contributed by atoms with Crippen LogP contribution in [0.4, 0.5) is 22.7 Å². The Morgan fingerprint density at radius 2 is 1.07 bits per heavy atom. The second-order valence-electron chi connectivity index (χ2n) is 20.3. The molecule has 3 aromatic carbocycles. The van der Waals surface area contributed by atoms with Crippen molar-refractivity contribution in [2.75, 3.05) is 16.0 Å². The van der Waals surface area contributed by atoms with Crippen LogP contribution in [0.1, 0.15) is 107 Å². The van der Waals surface area contributed by atoms with Gasteiger partial charge < -0.3 is 26.2 Å². The highest BCUT2D eigenvalue weighted by Gasteiger charge is 2.68. The van der Waals surface area contributed by atoms with Gasteiger partial charge in [0.25, 0.3) is 11.8 Å². The third-order valence-electron chi connectivity index (χ3n) is 17.2. The smallest absolute Gasteiger partial charge is 0.332 e. The molecule has 0 saturated heterocycles. The van der Waals surface area contributed by atoms with Crippen molar-refractivity contribution in [1.29, 1.82) is 0 Å². The second kappa shape index (κ2) is 14.6. The van der Waals surface area contributed by atoms with Gasteiger partial charge in [0.05, 0.1) is 10.7 Å². The van der Waals surface area contributed by atoms with Gasteiger partial charge in [0, 0.05) is 39.4 Å². The first-order valence-corrected chi connectivity index (χ1v) is 23.2. The molecule has 7 atom stereocenters. The van der Waals surface area contributed by atoms with Crippen molar-refractivity contribution in [3.05, 3.63) is 105 Å². The van der Waals surface area contributed by atoms with Crippen LogP contribution in [0, 0.1) is 47.3 Å². The van der Waals surface area contributed by atoms with Gasteiger partial charge in [-0.15, -0.1) is 0 Å². The highest BCUT2D eigenvalue weighted by molar-refractivity contribution is 6.33. The predicted molar refractivity (Wildman–Crippen MR) is 235 cm³/mol. The normalized spacial score (nSPS) is 34.0. The molecular formula is C51H54ClN3O6. The van der Waals surface area contributed by atoms with E-state index >= 15 is 0 Å². The van der Waals surface area contributed by atoms with Crippen molar-refractivity contribution in [2.24, 2.45) is 47.3 Å². The van der Waals surface area contributed by atoms with Crippen LogP contribution in [0.2, 0.25) is 5.02 Å². The largest absolute Gasteiger partial charge is 0.478 e. The minimum atomic E-state index is -1.01. The fourth-order valence-electron chi connectivity index (χ4n) is 15.5. The van der Waals surface area contributed by atoms with Gasteiger partial charge in [-0.2, -0.15) is 0 Å². The van der Waals surface area contributed by atoms with E-state index < -0.39 is 11.9 Å². The number of carboxylic acids is 2. The van der Waals surface area contributed by atoms with Crippen LogP contribution in [-0.4, -0.2) is 34.0 Å². The van der Waals surface area contributed by atoms with Crippen molar-refractivity contribution in [3.63, 3.8) is 0 Å². The molecule has 9 nitrogen and oxygen atoms in total. The topological polar surface area (TPSA) is 145 Å². The van der Waals surface area contributed by atoms with Crippen molar-refractivity contribution in [2.45, 2.75) is 107 Å². The monoisotopic (exact) mass is 839 g/mol. The quantitative estimate of drug-likeness (QED) is 0.129. The van der Waals surface area contributed by atoms with Crippen LogP contribution < -0.4 is 16.0 Å². The fourth-order valence-corrected chi connectivity index (χ4v) is 15.7. The minimum Gasteiger partial charge on any atom is -0.478 e. The minimum absolute atomic E-state index is 0.196. The number of aliphatic carboxylic acids is 2. The predicted octanol–water partition coefficient (Wildman–Crippen LogP) is 10.8. The first-order valence-electron chi connectivity index (χ1n) is 22.8. The molecule has 10 aliphatic carbocycles. The molecule has 61 heavy (non-hydrogen) atoms. The number of carboxylic acid groups (broad SMARTS) is 2. The number of anilines is 4. The number of carbonyl (C=O) groups is 4. The Balaban J connectivity index is 0.773. The molecule has 0 radical (unpaired) electrons. The van der Waals surface area contributed by atoms with Gasteiger partial charge in [0.2, 0.25) is 0 Å². The summed E-state index contributed by atoms with van der Waals surface area (Å²) in [6.45, 7) is 0. The van der Waals surface area contributed by atoms with E-state index in [1.165, 1.54) is 68.9 Å². The Labute approximate surface area is 361 Å². The molecule has 0 aromatic heterocycles.